The molecule has 0 saturated heterocycles. The van der Waals surface area contributed by atoms with Crippen LogP contribution >= 0.6 is 0 Å². The first-order chi connectivity index (χ1) is 8.20. The van der Waals surface area contributed by atoms with E-state index in [1.165, 1.54) is 0 Å². The fourth-order valence-corrected chi connectivity index (χ4v) is 1.44. The van der Waals surface area contributed by atoms with Crippen LogP contribution in [0.4, 0.5) is 0 Å². The van der Waals surface area contributed by atoms with Gasteiger partial charge in [0.1, 0.15) is 5.69 Å². The van der Waals surface area contributed by atoms with Crippen LogP contribution in [0.5, 0.6) is 0 Å². The number of nitrogens with two attached hydrogens (primary N) is 1. The van der Waals surface area contributed by atoms with Crippen molar-refractivity contribution in [2.45, 2.75) is 19.4 Å². The van der Waals surface area contributed by atoms with Crippen molar-refractivity contribution < 1.29 is 4.52 Å². The minimum atomic E-state index is -0.307. The van der Waals surface area contributed by atoms with Crippen molar-refractivity contribution in [1.29, 1.82) is 0 Å². The minimum absolute atomic E-state index is 0.307. The van der Waals surface area contributed by atoms with Crippen LogP contribution in [0.15, 0.2) is 35.4 Å². The molecule has 0 spiro atoms. The monoisotopic (exact) mass is 230 g/mol. The van der Waals surface area contributed by atoms with E-state index >= 15 is 0 Å². The van der Waals surface area contributed by atoms with E-state index in [1.807, 2.05) is 25.1 Å². The Kier molecular flexibility index (Phi) is 3.30. The van der Waals surface area contributed by atoms with Crippen LogP contribution in [0.1, 0.15) is 24.0 Å². The molecule has 0 aliphatic rings. The maximum absolute atomic E-state index is 5.84. The number of hydrogen-bond donors (Lipinski definition) is 1. The van der Waals surface area contributed by atoms with Gasteiger partial charge in [-0.3, -0.25) is 0 Å². The van der Waals surface area contributed by atoms with Gasteiger partial charge in [-0.25, -0.2) is 4.98 Å². The molecule has 0 amide bonds. The molecule has 2 N–H and O–H groups in total. The van der Waals surface area contributed by atoms with Crippen LogP contribution in [0.25, 0.3) is 11.5 Å². The average molecular weight is 230 g/mol. The highest BCUT2D eigenvalue weighted by molar-refractivity contribution is 5.48. The molecule has 5 nitrogen and oxygen atoms in total. The molecule has 88 valence electrons. The number of aryl methyl sites for hydroxylation is 1. The lowest BCUT2D eigenvalue weighted by atomic mass is 10.2. The summed E-state index contributed by atoms with van der Waals surface area (Å²) < 4.78 is 5.10. The predicted molar refractivity (Wildman–Crippen MR) is 64.0 cm³/mol. The largest absolute Gasteiger partial charge is 0.337 e. The van der Waals surface area contributed by atoms with Crippen LogP contribution < -0.4 is 5.73 Å². The molecular weight excluding hydrogens is 216 g/mol. The zero-order valence-electron chi connectivity index (χ0n) is 9.63. The second kappa shape index (κ2) is 4.88. The predicted octanol–water partition coefficient (Wildman–Crippen LogP) is 2.02. The summed E-state index contributed by atoms with van der Waals surface area (Å²) in [6, 6.07) is 5.34. The highest BCUT2D eigenvalue weighted by atomic mass is 16.5. The molecule has 5 heteroatoms. The Hall–Kier alpha value is -2.01. The summed E-state index contributed by atoms with van der Waals surface area (Å²) >= 11 is 0. The van der Waals surface area contributed by atoms with E-state index in [9.17, 15) is 0 Å². The maximum atomic E-state index is 5.84. The lowest BCUT2D eigenvalue weighted by Gasteiger charge is -2.00. The van der Waals surface area contributed by atoms with Gasteiger partial charge in [0.15, 0.2) is 0 Å². The second-order valence-electron chi connectivity index (χ2n) is 3.75. The van der Waals surface area contributed by atoms with Crippen molar-refractivity contribution in [1.82, 2.24) is 15.1 Å². The van der Waals surface area contributed by atoms with Crippen molar-refractivity contribution in [2.75, 3.05) is 0 Å². The third-order valence-electron chi connectivity index (χ3n) is 2.30. The van der Waals surface area contributed by atoms with Gasteiger partial charge < -0.3 is 10.3 Å². The maximum Gasteiger partial charge on any atom is 0.244 e. The molecule has 0 aromatic carbocycles. The molecule has 2 aromatic rings. The Balaban J connectivity index is 2.26. The fraction of sp³-hybridized carbons (Fsp3) is 0.250. The van der Waals surface area contributed by atoms with E-state index in [2.05, 4.69) is 21.7 Å². The number of aromatic nitrogens is 3. The molecule has 17 heavy (non-hydrogen) atoms. The van der Waals surface area contributed by atoms with E-state index in [4.69, 9.17) is 10.3 Å². The van der Waals surface area contributed by atoms with Gasteiger partial charge in [0.2, 0.25) is 11.7 Å². The van der Waals surface area contributed by atoms with Gasteiger partial charge in [-0.1, -0.05) is 17.3 Å². The minimum Gasteiger partial charge on any atom is -0.337 e. The van der Waals surface area contributed by atoms with Crippen LogP contribution in [-0.4, -0.2) is 15.1 Å². The molecule has 2 aromatic heterocycles. The molecule has 2 rings (SSSR count). The number of nitrogens with zero attached hydrogens (tertiary/aromatic N) is 3. The van der Waals surface area contributed by atoms with Gasteiger partial charge in [0.25, 0.3) is 0 Å². The molecule has 0 saturated carbocycles. The van der Waals surface area contributed by atoms with Crippen molar-refractivity contribution in [3.05, 3.63) is 42.4 Å². The van der Waals surface area contributed by atoms with Gasteiger partial charge in [0, 0.05) is 5.69 Å². The quantitative estimate of drug-likeness (QED) is 0.813. The summed E-state index contributed by atoms with van der Waals surface area (Å²) in [7, 11) is 0. The smallest absolute Gasteiger partial charge is 0.244 e. The molecule has 0 fully saturated rings. The molecule has 0 aliphatic carbocycles. The summed E-state index contributed by atoms with van der Waals surface area (Å²) in [5, 5.41) is 3.87. The van der Waals surface area contributed by atoms with Gasteiger partial charge in [-0.2, -0.15) is 4.98 Å². The summed E-state index contributed by atoms with van der Waals surface area (Å²) in [5.74, 6) is 0.867. The Morgan fingerprint density at radius 3 is 3.00 bits per heavy atom. The van der Waals surface area contributed by atoms with Crippen molar-refractivity contribution in [2.24, 2.45) is 5.73 Å². The van der Waals surface area contributed by atoms with Gasteiger partial charge in [-0.15, -0.1) is 6.58 Å². The average Bonchev–Trinajstić information content (AvgIpc) is 2.78. The standard InChI is InChI=1S/C12H14N4O/c1-3-5-9(13)12-15-11(16-17-12)10-7-4-6-8(2)14-10/h3-4,6-7,9H,1,5,13H2,2H3. The highest BCUT2D eigenvalue weighted by Gasteiger charge is 2.14. The first kappa shape index (κ1) is 11.5. The zero-order chi connectivity index (χ0) is 12.3. The number of hydrogen-bond acceptors (Lipinski definition) is 5. The van der Waals surface area contributed by atoms with E-state index in [0.29, 0.717) is 23.8 Å². The fourth-order valence-electron chi connectivity index (χ4n) is 1.44. The van der Waals surface area contributed by atoms with E-state index in [-0.39, 0.29) is 6.04 Å². The van der Waals surface area contributed by atoms with E-state index < -0.39 is 0 Å². The van der Waals surface area contributed by atoms with Crippen molar-refractivity contribution in [3.8, 4) is 11.5 Å². The van der Waals surface area contributed by atoms with Crippen molar-refractivity contribution >= 4 is 0 Å². The molecule has 2 heterocycles. The molecule has 0 aliphatic heterocycles. The summed E-state index contributed by atoms with van der Waals surface area (Å²) in [6.07, 6.45) is 2.32. The van der Waals surface area contributed by atoms with Crippen molar-refractivity contribution in [3.63, 3.8) is 0 Å². The van der Waals surface area contributed by atoms with Crippen LogP contribution in [0.3, 0.4) is 0 Å². The highest BCUT2D eigenvalue weighted by Crippen LogP contribution is 2.17. The van der Waals surface area contributed by atoms with E-state index in [0.717, 1.165) is 5.69 Å². The lowest BCUT2D eigenvalue weighted by molar-refractivity contribution is 0.355. The molecule has 1 atom stereocenters. The second-order valence-corrected chi connectivity index (χ2v) is 3.75. The topological polar surface area (TPSA) is 77.8 Å². The summed E-state index contributed by atoms with van der Waals surface area (Å²) in [6.45, 7) is 5.53. The molecular formula is C12H14N4O. The Labute approximate surface area is 99.4 Å². The normalized spacial score (nSPS) is 12.4. The Morgan fingerprint density at radius 1 is 1.47 bits per heavy atom. The summed E-state index contributed by atoms with van der Waals surface area (Å²) in [5.41, 5.74) is 7.43. The SMILES string of the molecule is C=CCC(N)c1nc(-c2cccc(C)n2)no1. The third-order valence-corrected chi connectivity index (χ3v) is 2.30. The molecule has 0 radical (unpaired) electrons. The van der Waals surface area contributed by atoms with Crippen LogP contribution in [0.2, 0.25) is 0 Å². The summed E-state index contributed by atoms with van der Waals surface area (Å²) in [4.78, 5) is 8.54. The number of rotatable bonds is 4. The molecule has 1 unspecified atom stereocenters. The van der Waals surface area contributed by atoms with Gasteiger partial charge in [-0.05, 0) is 25.5 Å². The first-order valence-electron chi connectivity index (χ1n) is 5.35. The van der Waals surface area contributed by atoms with Crippen LogP contribution in [0, 0.1) is 6.92 Å². The zero-order valence-corrected chi connectivity index (χ0v) is 9.63. The Bertz CT molecular complexity index is 521. The molecule has 0 bridgehead atoms. The van der Waals surface area contributed by atoms with Gasteiger partial charge >= 0.3 is 0 Å². The third kappa shape index (κ3) is 2.57. The van der Waals surface area contributed by atoms with Crippen LogP contribution in [-0.2, 0) is 0 Å². The lowest BCUT2D eigenvalue weighted by Crippen LogP contribution is -2.09. The van der Waals surface area contributed by atoms with Gasteiger partial charge in [0.05, 0.1) is 6.04 Å². The Morgan fingerprint density at radius 2 is 2.29 bits per heavy atom. The van der Waals surface area contributed by atoms with E-state index in [1.54, 1.807) is 6.08 Å². The first-order valence-corrected chi connectivity index (χ1v) is 5.35. The number of pyridine rings is 1.